The zero-order valence-electron chi connectivity index (χ0n) is 12.1. The average molecular weight is 369 g/mol. The van der Waals surface area contributed by atoms with Crippen molar-refractivity contribution in [1.29, 1.82) is 0 Å². The van der Waals surface area contributed by atoms with E-state index in [4.69, 9.17) is 4.74 Å². The zero-order chi connectivity index (χ0) is 16.0. The van der Waals surface area contributed by atoms with E-state index in [1.54, 1.807) is 6.92 Å². The van der Waals surface area contributed by atoms with Gasteiger partial charge in [-0.2, -0.15) is 0 Å². The van der Waals surface area contributed by atoms with Gasteiger partial charge in [-0.15, -0.1) is 0 Å². The van der Waals surface area contributed by atoms with E-state index in [1.807, 2.05) is 6.92 Å². The van der Waals surface area contributed by atoms with Crippen LogP contribution in [0, 0.1) is 5.82 Å². The number of benzene rings is 1. The molecular weight excluding hydrogens is 355 g/mol. The van der Waals surface area contributed by atoms with Crippen LogP contribution in [0.3, 0.4) is 0 Å². The predicted molar refractivity (Wildman–Crippen MR) is 85.0 cm³/mol. The van der Waals surface area contributed by atoms with Crippen LogP contribution in [-0.2, 0) is 4.74 Å². The summed E-state index contributed by atoms with van der Waals surface area (Å²) in [6.07, 6.45) is 0. The highest BCUT2D eigenvalue weighted by atomic mass is 79.9. The Hall–Kier alpha value is -1.89. The molecule has 1 aromatic carbocycles. The maximum Gasteiger partial charge on any atom is 0.343 e. The first kappa shape index (κ1) is 15.0. The number of hydrogen-bond donors (Lipinski definition) is 1. The fraction of sp³-hybridized carbons (Fsp3) is 0.333. The number of nitrogens with zero attached hydrogens (tertiary/aromatic N) is 1. The van der Waals surface area contributed by atoms with Crippen LogP contribution >= 0.6 is 15.9 Å². The van der Waals surface area contributed by atoms with Crippen LogP contribution in [0.5, 0.6) is 0 Å². The molecule has 2 aromatic rings. The summed E-state index contributed by atoms with van der Waals surface area (Å²) in [5.41, 5.74) is 0.626. The number of carbonyl (C=O) groups is 1. The first-order valence-electron chi connectivity index (χ1n) is 6.94. The number of halogens is 2. The fourth-order valence-electron chi connectivity index (χ4n) is 2.73. The Morgan fingerprint density at radius 3 is 2.95 bits per heavy atom. The summed E-state index contributed by atoms with van der Waals surface area (Å²) in [6.45, 7) is 4.18. The Balaban J connectivity index is 2.42. The van der Waals surface area contributed by atoms with E-state index >= 15 is 0 Å². The minimum Gasteiger partial charge on any atom is -0.462 e. The number of aromatic nitrogens is 1. The maximum atomic E-state index is 14.0. The van der Waals surface area contributed by atoms with Crippen molar-refractivity contribution >= 4 is 38.5 Å². The van der Waals surface area contributed by atoms with E-state index in [2.05, 4.69) is 21.2 Å². The number of carbonyl (C=O) groups excluding carboxylic acids is 1. The van der Waals surface area contributed by atoms with E-state index in [0.29, 0.717) is 23.1 Å². The van der Waals surface area contributed by atoms with Crippen molar-refractivity contribution in [1.82, 2.24) is 4.57 Å². The average Bonchev–Trinajstić information content (AvgIpc) is 2.48. The number of rotatable bonds is 2. The number of anilines is 1. The summed E-state index contributed by atoms with van der Waals surface area (Å²) >= 11 is 3.20. The normalized spacial score (nSPS) is 16.5. The van der Waals surface area contributed by atoms with Gasteiger partial charge >= 0.3 is 5.97 Å². The molecule has 1 aliphatic rings. The molecule has 1 aliphatic heterocycles. The molecule has 0 unspecified atom stereocenters. The largest absolute Gasteiger partial charge is 0.462 e. The molecule has 0 amide bonds. The van der Waals surface area contributed by atoms with Crippen LogP contribution in [0.4, 0.5) is 10.1 Å². The Morgan fingerprint density at radius 2 is 2.27 bits per heavy atom. The minimum atomic E-state index is -0.686. The van der Waals surface area contributed by atoms with E-state index in [1.165, 1.54) is 16.7 Å². The Bertz CT molecular complexity index is 847. The first-order chi connectivity index (χ1) is 10.5. The van der Waals surface area contributed by atoms with Crippen LogP contribution in [-0.4, -0.2) is 23.7 Å². The molecular formula is C15H14BrFN2O3. The highest BCUT2D eigenvalue weighted by Crippen LogP contribution is 2.37. The molecule has 2 heterocycles. The van der Waals surface area contributed by atoms with Crippen molar-refractivity contribution in [3.63, 3.8) is 0 Å². The van der Waals surface area contributed by atoms with Crippen LogP contribution in [0.15, 0.2) is 21.4 Å². The third-order valence-electron chi connectivity index (χ3n) is 3.72. The molecule has 116 valence electrons. The molecule has 1 N–H and O–H groups in total. The summed E-state index contributed by atoms with van der Waals surface area (Å²) in [5.74, 6) is -1.14. The molecule has 0 bridgehead atoms. The molecule has 7 heteroatoms. The van der Waals surface area contributed by atoms with E-state index in [0.717, 1.165) is 0 Å². The zero-order valence-corrected chi connectivity index (χ0v) is 13.7. The molecule has 1 aromatic heterocycles. The van der Waals surface area contributed by atoms with Crippen molar-refractivity contribution in [2.24, 2.45) is 0 Å². The van der Waals surface area contributed by atoms with Gasteiger partial charge in [0, 0.05) is 11.9 Å². The third-order valence-corrected chi connectivity index (χ3v) is 4.50. The van der Waals surface area contributed by atoms with Gasteiger partial charge in [-0.1, -0.05) is 0 Å². The maximum absolute atomic E-state index is 14.0. The van der Waals surface area contributed by atoms with Gasteiger partial charge in [0.25, 0.3) is 5.56 Å². The first-order valence-corrected chi connectivity index (χ1v) is 7.73. The highest BCUT2D eigenvalue weighted by molar-refractivity contribution is 9.10. The standard InChI is InChI=1S/C15H14BrFN2O3/c1-3-22-15(21)9-4-8-5-10(17)11(16)12-13(8)19(14(9)20)7(2)6-18-12/h4-5,7,18H,3,6H2,1-2H3/t7-/m0/s1. The summed E-state index contributed by atoms with van der Waals surface area (Å²) in [4.78, 5) is 24.6. The molecule has 0 spiro atoms. The quantitative estimate of drug-likeness (QED) is 0.827. The lowest BCUT2D eigenvalue weighted by atomic mass is 10.1. The Labute approximate surface area is 134 Å². The monoisotopic (exact) mass is 368 g/mol. The van der Waals surface area contributed by atoms with Crippen molar-refractivity contribution in [3.05, 3.63) is 38.3 Å². The fourth-order valence-corrected chi connectivity index (χ4v) is 3.17. The lowest BCUT2D eigenvalue weighted by molar-refractivity contribution is 0.0523. The van der Waals surface area contributed by atoms with Crippen molar-refractivity contribution in [2.75, 3.05) is 18.5 Å². The summed E-state index contributed by atoms with van der Waals surface area (Å²) in [7, 11) is 0. The van der Waals surface area contributed by atoms with E-state index in [9.17, 15) is 14.0 Å². The molecule has 0 saturated carbocycles. The highest BCUT2D eigenvalue weighted by Gasteiger charge is 2.26. The number of pyridine rings is 1. The SMILES string of the molecule is CCOC(=O)c1cc2cc(F)c(Br)c3c2n(c1=O)[C@@H](C)CN3. The van der Waals surface area contributed by atoms with Gasteiger partial charge in [-0.05, 0) is 41.9 Å². The number of hydrogen-bond acceptors (Lipinski definition) is 4. The molecule has 0 aliphatic carbocycles. The summed E-state index contributed by atoms with van der Waals surface area (Å²) in [6, 6.07) is 2.54. The van der Waals surface area contributed by atoms with Gasteiger partial charge in [0.1, 0.15) is 11.4 Å². The smallest absolute Gasteiger partial charge is 0.343 e. The molecule has 5 nitrogen and oxygen atoms in total. The predicted octanol–water partition coefficient (Wildman–Crippen LogP) is 3.07. The van der Waals surface area contributed by atoms with E-state index in [-0.39, 0.29) is 22.7 Å². The Morgan fingerprint density at radius 1 is 1.55 bits per heavy atom. The summed E-state index contributed by atoms with van der Waals surface area (Å²) in [5, 5.41) is 3.61. The van der Waals surface area contributed by atoms with Crippen molar-refractivity contribution in [3.8, 4) is 0 Å². The Kier molecular flexibility index (Phi) is 3.68. The van der Waals surface area contributed by atoms with Gasteiger partial charge in [0.05, 0.1) is 28.3 Å². The number of nitrogens with one attached hydrogen (secondary N) is 1. The lowest BCUT2D eigenvalue weighted by Gasteiger charge is -2.28. The van der Waals surface area contributed by atoms with Gasteiger partial charge in [-0.25, -0.2) is 9.18 Å². The minimum absolute atomic E-state index is 0.0734. The van der Waals surface area contributed by atoms with Crippen molar-refractivity contribution < 1.29 is 13.9 Å². The van der Waals surface area contributed by atoms with Crippen LogP contribution in [0.1, 0.15) is 30.2 Å². The molecule has 22 heavy (non-hydrogen) atoms. The van der Waals surface area contributed by atoms with E-state index < -0.39 is 17.3 Å². The number of esters is 1. The molecule has 0 fully saturated rings. The van der Waals surface area contributed by atoms with Crippen LogP contribution in [0.25, 0.3) is 10.9 Å². The topological polar surface area (TPSA) is 60.3 Å². The molecule has 3 rings (SSSR count). The lowest BCUT2D eigenvalue weighted by Crippen LogP contribution is -2.35. The van der Waals surface area contributed by atoms with Crippen LogP contribution in [0.2, 0.25) is 0 Å². The second-order valence-electron chi connectivity index (χ2n) is 5.17. The molecule has 1 atom stereocenters. The van der Waals surface area contributed by atoms with Gasteiger partial charge < -0.3 is 14.6 Å². The second kappa shape index (κ2) is 5.39. The summed E-state index contributed by atoms with van der Waals surface area (Å²) < 4.78 is 20.8. The van der Waals surface area contributed by atoms with Gasteiger partial charge in [0.2, 0.25) is 0 Å². The van der Waals surface area contributed by atoms with Crippen molar-refractivity contribution in [2.45, 2.75) is 19.9 Å². The molecule has 0 radical (unpaired) electrons. The number of ether oxygens (including phenoxy) is 1. The second-order valence-corrected chi connectivity index (χ2v) is 5.96. The van der Waals surface area contributed by atoms with Crippen LogP contribution < -0.4 is 10.9 Å². The van der Waals surface area contributed by atoms with Gasteiger partial charge in [-0.3, -0.25) is 4.79 Å². The van der Waals surface area contributed by atoms with Gasteiger partial charge in [0.15, 0.2) is 0 Å². The molecule has 0 saturated heterocycles. The third kappa shape index (κ3) is 2.11.